The number of halogens is 2. The van der Waals surface area contributed by atoms with Crippen molar-refractivity contribution in [2.24, 2.45) is 0 Å². The van der Waals surface area contributed by atoms with E-state index in [0.717, 1.165) is 21.9 Å². The molecule has 23 heavy (non-hydrogen) atoms. The van der Waals surface area contributed by atoms with E-state index in [1.54, 1.807) is 18.2 Å². The first-order valence-electron chi connectivity index (χ1n) is 7.19. The maximum absolute atomic E-state index is 13.8. The van der Waals surface area contributed by atoms with E-state index >= 15 is 0 Å². The van der Waals surface area contributed by atoms with Crippen molar-refractivity contribution in [1.29, 1.82) is 0 Å². The molecule has 0 unspecified atom stereocenters. The summed E-state index contributed by atoms with van der Waals surface area (Å²) in [7, 11) is 0. The van der Waals surface area contributed by atoms with Gasteiger partial charge >= 0.3 is 0 Å². The van der Waals surface area contributed by atoms with Crippen molar-refractivity contribution in [1.82, 2.24) is 0 Å². The molecule has 4 aromatic rings. The summed E-state index contributed by atoms with van der Waals surface area (Å²) in [6.45, 7) is 0.0762. The molecular formula is C19H12ClFO2. The molecule has 0 bridgehead atoms. The van der Waals surface area contributed by atoms with Crippen LogP contribution < -0.4 is 4.74 Å². The SMILES string of the molecule is Fc1cccc(Cl)c1COc1ccc2oc3ccccc3c2c1. The number of fused-ring (bicyclic) bond motifs is 3. The van der Waals surface area contributed by atoms with Gasteiger partial charge in [-0.25, -0.2) is 4.39 Å². The predicted molar refractivity (Wildman–Crippen MR) is 89.5 cm³/mol. The topological polar surface area (TPSA) is 22.4 Å². The minimum absolute atomic E-state index is 0.0762. The van der Waals surface area contributed by atoms with Crippen LogP contribution in [0.2, 0.25) is 5.02 Å². The minimum Gasteiger partial charge on any atom is -0.489 e. The van der Waals surface area contributed by atoms with Gasteiger partial charge in [0.2, 0.25) is 0 Å². The summed E-state index contributed by atoms with van der Waals surface area (Å²) in [6, 6.07) is 18.0. The van der Waals surface area contributed by atoms with Gasteiger partial charge in [0.1, 0.15) is 29.3 Å². The zero-order chi connectivity index (χ0) is 15.8. The van der Waals surface area contributed by atoms with Gasteiger partial charge in [0.25, 0.3) is 0 Å². The van der Waals surface area contributed by atoms with Crippen LogP contribution >= 0.6 is 11.6 Å². The average Bonchev–Trinajstić information content (AvgIpc) is 2.92. The van der Waals surface area contributed by atoms with Crippen molar-refractivity contribution < 1.29 is 13.5 Å². The molecule has 4 heteroatoms. The summed E-state index contributed by atoms with van der Waals surface area (Å²) in [6.07, 6.45) is 0. The number of benzene rings is 3. The summed E-state index contributed by atoms with van der Waals surface area (Å²) in [5.74, 6) is 0.274. The molecule has 0 aliphatic rings. The largest absolute Gasteiger partial charge is 0.489 e. The molecule has 1 aromatic heterocycles. The lowest BCUT2D eigenvalue weighted by atomic mass is 10.1. The summed E-state index contributed by atoms with van der Waals surface area (Å²) in [5, 5.41) is 2.36. The van der Waals surface area contributed by atoms with Gasteiger partial charge < -0.3 is 9.15 Å². The lowest BCUT2D eigenvalue weighted by Gasteiger charge is -2.08. The molecule has 4 rings (SSSR count). The second-order valence-electron chi connectivity index (χ2n) is 5.25. The van der Waals surface area contributed by atoms with Crippen molar-refractivity contribution in [3.63, 3.8) is 0 Å². The van der Waals surface area contributed by atoms with Crippen LogP contribution in [0.4, 0.5) is 4.39 Å². The molecule has 0 aliphatic carbocycles. The standard InChI is InChI=1S/C19H12ClFO2/c20-16-5-3-6-17(21)15(16)11-22-12-8-9-19-14(10-12)13-4-1-2-7-18(13)23-19/h1-10H,11H2. The Bertz CT molecular complexity index is 987. The smallest absolute Gasteiger partial charge is 0.135 e. The third kappa shape index (κ3) is 2.53. The number of furan rings is 1. The molecule has 114 valence electrons. The molecule has 0 saturated carbocycles. The first-order valence-corrected chi connectivity index (χ1v) is 7.57. The molecule has 0 amide bonds. The monoisotopic (exact) mass is 326 g/mol. The van der Waals surface area contributed by atoms with E-state index in [1.807, 2.05) is 36.4 Å². The van der Waals surface area contributed by atoms with E-state index < -0.39 is 0 Å². The number of hydrogen-bond donors (Lipinski definition) is 0. The van der Waals surface area contributed by atoms with Gasteiger partial charge in [-0.2, -0.15) is 0 Å². The highest BCUT2D eigenvalue weighted by molar-refractivity contribution is 6.31. The van der Waals surface area contributed by atoms with Gasteiger partial charge in [0, 0.05) is 16.3 Å². The Kier molecular flexibility index (Phi) is 3.43. The molecular weight excluding hydrogens is 315 g/mol. The predicted octanol–water partition coefficient (Wildman–Crippen LogP) is 5.96. The normalized spacial score (nSPS) is 11.2. The Hall–Kier alpha value is -2.52. The number of ether oxygens (including phenoxy) is 1. The lowest BCUT2D eigenvalue weighted by molar-refractivity contribution is 0.300. The van der Waals surface area contributed by atoms with Crippen LogP contribution in [-0.2, 0) is 6.61 Å². The summed E-state index contributed by atoms with van der Waals surface area (Å²) in [4.78, 5) is 0. The molecule has 0 fully saturated rings. The Labute approximate surface area is 137 Å². The lowest BCUT2D eigenvalue weighted by Crippen LogP contribution is -1.99. The molecule has 0 radical (unpaired) electrons. The van der Waals surface area contributed by atoms with Crippen molar-refractivity contribution in [2.75, 3.05) is 0 Å². The molecule has 0 spiro atoms. The third-order valence-corrected chi connectivity index (χ3v) is 4.15. The Balaban J connectivity index is 1.68. The van der Waals surface area contributed by atoms with Crippen LogP contribution in [0.1, 0.15) is 5.56 Å². The second kappa shape index (κ2) is 5.60. The average molecular weight is 327 g/mol. The van der Waals surface area contributed by atoms with E-state index in [4.69, 9.17) is 20.8 Å². The highest BCUT2D eigenvalue weighted by Gasteiger charge is 2.10. The minimum atomic E-state index is -0.368. The molecule has 0 aliphatic heterocycles. The fraction of sp³-hybridized carbons (Fsp3) is 0.0526. The van der Waals surface area contributed by atoms with Crippen LogP contribution in [0.15, 0.2) is 65.1 Å². The van der Waals surface area contributed by atoms with Gasteiger partial charge in [-0.3, -0.25) is 0 Å². The highest BCUT2D eigenvalue weighted by atomic mass is 35.5. The molecule has 1 heterocycles. The first kappa shape index (κ1) is 14.1. The zero-order valence-corrected chi connectivity index (χ0v) is 12.8. The van der Waals surface area contributed by atoms with E-state index in [-0.39, 0.29) is 12.4 Å². The number of para-hydroxylation sites is 1. The quantitative estimate of drug-likeness (QED) is 0.463. The van der Waals surface area contributed by atoms with Crippen LogP contribution in [0, 0.1) is 5.82 Å². The molecule has 0 N–H and O–H groups in total. The summed E-state index contributed by atoms with van der Waals surface area (Å²) >= 11 is 6.02. The van der Waals surface area contributed by atoms with E-state index in [1.165, 1.54) is 6.07 Å². The maximum Gasteiger partial charge on any atom is 0.135 e. The maximum atomic E-state index is 13.8. The summed E-state index contributed by atoms with van der Waals surface area (Å²) in [5.41, 5.74) is 1.98. The van der Waals surface area contributed by atoms with Crippen LogP contribution in [-0.4, -0.2) is 0 Å². The van der Waals surface area contributed by atoms with Crippen molar-refractivity contribution in [3.05, 3.63) is 77.1 Å². The van der Waals surface area contributed by atoms with Gasteiger partial charge in [-0.1, -0.05) is 35.9 Å². The molecule has 2 nitrogen and oxygen atoms in total. The first-order chi connectivity index (χ1) is 11.2. The Morgan fingerprint density at radius 2 is 1.74 bits per heavy atom. The number of hydrogen-bond acceptors (Lipinski definition) is 2. The molecule has 0 atom stereocenters. The Morgan fingerprint density at radius 3 is 2.61 bits per heavy atom. The molecule has 3 aromatic carbocycles. The van der Waals surface area contributed by atoms with E-state index in [2.05, 4.69) is 0 Å². The van der Waals surface area contributed by atoms with Crippen LogP contribution in [0.25, 0.3) is 21.9 Å². The summed E-state index contributed by atoms with van der Waals surface area (Å²) < 4.78 is 25.3. The fourth-order valence-corrected chi connectivity index (χ4v) is 2.84. The van der Waals surface area contributed by atoms with Crippen molar-refractivity contribution >= 4 is 33.5 Å². The Morgan fingerprint density at radius 1 is 0.913 bits per heavy atom. The van der Waals surface area contributed by atoms with Crippen LogP contribution in [0.3, 0.4) is 0 Å². The van der Waals surface area contributed by atoms with E-state index in [9.17, 15) is 4.39 Å². The van der Waals surface area contributed by atoms with Crippen LogP contribution in [0.5, 0.6) is 5.75 Å². The van der Waals surface area contributed by atoms with E-state index in [0.29, 0.717) is 16.3 Å². The third-order valence-electron chi connectivity index (χ3n) is 3.79. The zero-order valence-electron chi connectivity index (χ0n) is 12.1. The van der Waals surface area contributed by atoms with Gasteiger partial charge in [-0.05, 0) is 36.4 Å². The fourth-order valence-electron chi connectivity index (χ4n) is 2.62. The highest BCUT2D eigenvalue weighted by Crippen LogP contribution is 2.31. The van der Waals surface area contributed by atoms with Gasteiger partial charge in [-0.15, -0.1) is 0 Å². The number of rotatable bonds is 3. The van der Waals surface area contributed by atoms with Crippen molar-refractivity contribution in [2.45, 2.75) is 6.61 Å². The second-order valence-corrected chi connectivity index (χ2v) is 5.65. The van der Waals surface area contributed by atoms with Gasteiger partial charge in [0.05, 0.1) is 5.02 Å². The van der Waals surface area contributed by atoms with Gasteiger partial charge in [0.15, 0.2) is 0 Å². The molecule has 0 saturated heterocycles. The van der Waals surface area contributed by atoms with Crippen molar-refractivity contribution in [3.8, 4) is 5.75 Å².